The van der Waals surface area contributed by atoms with Crippen LogP contribution in [0.2, 0.25) is 0 Å². The third-order valence-electron chi connectivity index (χ3n) is 2.01. The van der Waals surface area contributed by atoms with Crippen LogP contribution in [-0.2, 0) is 0 Å². The quantitative estimate of drug-likeness (QED) is 0.637. The predicted molar refractivity (Wildman–Crippen MR) is 40.4 cm³/mol. The molecule has 0 amide bonds. The van der Waals surface area contributed by atoms with Crippen molar-refractivity contribution < 1.29 is 0 Å². The molecule has 3 unspecified atom stereocenters. The zero-order chi connectivity index (χ0) is 7.56. The summed E-state index contributed by atoms with van der Waals surface area (Å²) in [4.78, 5) is 0. The van der Waals surface area contributed by atoms with Crippen LogP contribution < -0.4 is 5.32 Å². The summed E-state index contributed by atoms with van der Waals surface area (Å²) in [6.07, 6.45) is 1.92. The van der Waals surface area contributed by atoms with Crippen molar-refractivity contribution >= 4 is 0 Å². The first-order valence-corrected chi connectivity index (χ1v) is 3.87. The largest absolute Gasteiger partial charge is 0.310 e. The molecule has 0 heterocycles. The maximum atomic E-state index is 8.35. The van der Waals surface area contributed by atoms with E-state index in [9.17, 15) is 0 Å². The van der Waals surface area contributed by atoms with Gasteiger partial charge in [0.2, 0.25) is 0 Å². The molecule has 1 N–H and O–H groups in total. The molecule has 0 spiro atoms. The van der Waals surface area contributed by atoms with Gasteiger partial charge in [-0.05, 0) is 19.3 Å². The minimum atomic E-state index is 0.375. The number of nitrogens with zero attached hydrogens (tertiary/aromatic N) is 1. The monoisotopic (exact) mass is 138 g/mol. The fourth-order valence-electron chi connectivity index (χ4n) is 1.12. The van der Waals surface area contributed by atoms with E-state index in [1.165, 1.54) is 6.42 Å². The van der Waals surface area contributed by atoms with Crippen molar-refractivity contribution in [2.45, 2.75) is 38.8 Å². The summed E-state index contributed by atoms with van der Waals surface area (Å²) >= 11 is 0. The molecule has 1 aliphatic carbocycles. The molecule has 10 heavy (non-hydrogen) atoms. The first kappa shape index (κ1) is 7.56. The Morgan fingerprint density at radius 2 is 2.40 bits per heavy atom. The molecule has 3 atom stereocenters. The SMILES string of the molecule is CC(CC#N)NC1CC1C. The minimum Gasteiger partial charge on any atom is -0.310 e. The van der Waals surface area contributed by atoms with Gasteiger partial charge >= 0.3 is 0 Å². The van der Waals surface area contributed by atoms with E-state index < -0.39 is 0 Å². The summed E-state index contributed by atoms with van der Waals surface area (Å²) < 4.78 is 0. The molecule has 0 aromatic heterocycles. The third kappa shape index (κ3) is 2.00. The molecular weight excluding hydrogens is 124 g/mol. The lowest BCUT2D eigenvalue weighted by atomic mass is 10.2. The maximum Gasteiger partial charge on any atom is 0.0638 e. The number of hydrogen-bond donors (Lipinski definition) is 1. The van der Waals surface area contributed by atoms with Gasteiger partial charge in [0, 0.05) is 12.1 Å². The van der Waals surface area contributed by atoms with E-state index in [4.69, 9.17) is 5.26 Å². The van der Waals surface area contributed by atoms with Gasteiger partial charge < -0.3 is 5.32 Å². The highest BCUT2D eigenvalue weighted by Crippen LogP contribution is 2.29. The van der Waals surface area contributed by atoms with E-state index in [0.29, 0.717) is 18.5 Å². The maximum absolute atomic E-state index is 8.35. The van der Waals surface area contributed by atoms with Crippen molar-refractivity contribution in [3.05, 3.63) is 0 Å². The molecule has 0 saturated heterocycles. The van der Waals surface area contributed by atoms with Crippen LogP contribution in [0.25, 0.3) is 0 Å². The van der Waals surface area contributed by atoms with Gasteiger partial charge in [0.1, 0.15) is 0 Å². The van der Waals surface area contributed by atoms with Crippen molar-refractivity contribution in [2.24, 2.45) is 5.92 Å². The highest BCUT2D eigenvalue weighted by Gasteiger charge is 2.32. The average Bonchev–Trinajstić information content (AvgIpc) is 2.47. The zero-order valence-electron chi connectivity index (χ0n) is 6.59. The molecule has 2 heteroatoms. The summed E-state index contributed by atoms with van der Waals surface area (Å²) in [5.41, 5.74) is 0. The van der Waals surface area contributed by atoms with Crippen LogP contribution in [0.5, 0.6) is 0 Å². The Bertz CT molecular complexity index is 148. The molecule has 0 aromatic rings. The molecule has 2 nitrogen and oxygen atoms in total. The summed E-state index contributed by atoms with van der Waals surface area (Å²) in [5, 5.41) is 11.7. The van der Waals surface area contributed by atoms with Crippen molar-refractivity contribution in [3.8, 4) is 6.07 Å². The molecule has 0 bridgehead atoms. The van der Waals surface area contributed by atoms with E-state index in [2.05, 4.69) is 25.2 Å². The molecule has 1 aliphatic rings. The Balaban J connectivity index is 2.08. The molecule has 1 fully saturated rings. The van der Waals surface area contributed by atoms with Crippen molar-refractivity contribution in [2.75, 3.05) is 0 Å². The first-order chi connectivity index (χ1) is 4.74. The second kappa shape index (κ2) is 3.03. The van der Waals surface area contributed by atoms with Crippen LogP contribution in [-0.4, -0.2) is 12.1 Å². The van der Waals surface area contributed by atoms with Crippen LogP contribution in [0.1, 0.15) is 26.7 Å². The van der Waals surface area contributed by atoms with Gasteiger partial charge in [-0.25, -0.2) is 0 Å². The van der Waals surface area contributed by atoms with E-state index in [1.54, 1.807) is 0 Å². The number of nitrogens with one attached hydrogen (secondary N) is 1. The van der Waals surface area contributed by atoms with E-state index >= 15 is 0 Å². The Kier molecular flexibility index (Phi) is 2.29. The van der Waals surface area contributed by atoms with E-state index in [1.807, 2.05) is 0 Å². The lowest BCUT2D eigenvalue weighted by Crippen LogP contribution is -2.28. The summed E-state index contributed by atoms with van der Waals surface area (Å²) in [7, 11) is 0. The van der Waals surface area contributed by atoms with E-state index in [0.717, 1.165) is 5.92 Å². The van der Waals surface area contributed by atoms with Crippen LogP contribution in [0.3, 0.4) is 0 Å². The summed E-state index contributed by atoms with van der Waals surface area (Å²) in [6, 6.07) is 3.23. The fourth-order valence-corrected chi connectivity index (χ4v) is 1.12. The highest BCUT2D eigenvalue weighted by molar-refractivity contribution is 4.92. The summed E-state index contributed by atoms with van der Waals surface area (Å²) in [5.74, 6) is 0.834. The summed E-state index contributed by atoms with van der Waals surface area (Å²) in [6.45, 7) is 4.30. The molecule has 1 rings (SSSR count). The Labute approximate surface area is 62.2 Å². The number of rotatable bonds is 3. The molecule has 56 valence electrons. The van der Waals surface area contributed by atoms with Gasteiger partial charge in [0.05, 0.1) is 12.5 Å². The Hall–Kier alpha value is -0.550. The van der Waals surface area contributed by atoms with Gasteiger partial charge in [-0.2, -0.15) is 5.26 Å². The lowest BCUT2D eigenvalue weighted by Gasteiger charge is -2.07. The normalized spacial score (nSPS) is 32.9. The zero-order valence-corrected chi connectivity index (χ0v) is 6.59. The van der Waals surface area contributed by atoms with Crippen LogP contribution >= 0.6 is 0 Å². The molecule has 0 aromatic carbocycles. The molecule has 1 saturated carbocycles. The molecule has 0 radical (unpaired) electrons. The highest BCUT2D eigenvalue weighted by atomic mass is 15.0. The second-order valence-corrected chi connectivity index (χ2v) is 3.25. The molecular formula is C8H14N2. The van der Waals surface area contributed by atoms with Crippen molar-refractivity contribution in [1.29, 1.82) is 5.26 Å². The van der Waals surface area contributed by atoms with Gasteiger partial charge in [-0.15, -0.1) is 0 Å². The van der Waals surface area contributed by atoms with Crippen molar-refractivity contribution in [1.82, 2.24) is 5.32 Å². The number of nitriles is 1. The van der Waals surface area contributed by atoms with Gasteiger partial charge in [-0.1, -0.05) is 6.92 Å². The first-order valence-electron chi connectivity index (χ1n) is 3.87. The smallest absolute Gasteiger partial charge is 0.0638 e. The van der Waals surface area contributed by atoms with Crippen molar-refractivity contribution in [3.63, 3.8) is 0 Å². The minimum absolute atomic E-state index is 0.375. The predicted octanol–water partition coefficient (Wildman–Crippen LogP) is 1.29. The Morgan fingerprint density at radius 1 is 1.80 bits per heavy atom. The van der Waals surface area contributed by atoms with Crippen LogP contribution in [0.4, 0.5) is 0 Å². The van der Waals surface area contributed by atoms with E-state index in [-0.39, 0.29) is 0 Å². The van der Waals surface area contributed by atoms with Crippen LogP contribution in [0.15, 0.2) is 0 Å². The standard InChI is InChI=1S/C8H14N2/c1-6-5-8(6)10-7(2)3-4-9/h6-8,10H,3,5H2,1-2H3. The average molecular weight is 138 g/mol. The van der Waals surface area contributed by atoms with Gasteiger partial charge in [-0.3, -0.25) is 0 Å². The molecule has 0 aliphatic heterocycles. The topological polar surface area (TPSA) is 35.8 Å². The van der Waals surface area contributed by atoms with Crippen LogP contribution in [0, 0.1) is 17.2 Å². The number of hydrogen-bond acceptors (Lipinski definition) is 2. The fraction of sp³-hybridized carbons (Fsp3) is 0.875. The van der Waals surface area contributed by atoms with Gasteiger partial charge in [0.15, 0.2) is 0 Å². The van der Waals surface area contributed by atoms with Gasteiger partial charge in [0.25, 0.3) is 0 Å². The lowest BCUT2D eigenvalue weighted by molar-refractivity contribution is 0.537. The second-order valence-electron chi connectivity index (χ2n) is 3.25. The Morgan fingerprint density at radius 3 is 2.80 bits per heavy atom. The third-order valence-corrected chi connectivity index (χ3v) is 2.01.